The number of carbonyl (C=O) groups is 2. The van der Waals surface area contributed by atoms with Crippen molar-refractivity contribution in [1.29, 1.82) is 0 Å². The predicted molar refractivity (Wildman–Crippen MR) is 59.6 cm³/mol. The molecule has 0 aromatic heterocycles. The van der Waals surface area contributed by atoms with Crippen molar-refractivity contribution in [3.63, 3.8) is 0 Å². The molecular formula is C9H17ClN2O4. The molecule has 1 rings (SSSR count). The van der Waals surface area contributed by atoms with Gasteiger partial charge in [-0.05, 0) is 20.9 Å². The molecule has 1 fully saturated rings. The van der Waals surface area contributed by atoms with Crippen molar-refractivity contribution in [2.45, 2.75) is 25.5 Å². The van der Waals surface area contributed by atoms with Crippen molar-refractivity contribution < 1.29 is 19.1 Å². The normalized spacial score (nSPS) is 19.4. The Balaban J connectivity index is 0.00000225. The van der Waals surface area contributed by atoms with Crippen LogP contribution in [0.4, 0.5) is 4.79 Å². The molecule has 0 aliphatic carbocycles. The summed E-state index contributed by atoms with van der Waals surface area (Å²) in [6, 6.07) is 0. The number of hydrogen-bond acceptors (Lipinski definition) is 5. The molecule has 1 heterocycles. The van der Waals surface area contributed by atoms with Crippen LogP contribution in [0, 0.1) is 0 Å². The van der Waals surface area contributed by atoms with Gasteiger partial charge in [0.1, 0.15) is 12.1 Å². The number of ether oxygens (including phenoxy) is 2. The molecule has 1 amide bonds. The van der Waals surface area contributed by atoms with Crippen molar-refractivity contribution in [1.82, 2.24) is 10.6 Å². The van der Waals surface area contributed by atoms with Crippen LogP contribution in [-0.4, -0.2) is 43.9 Å². The molecule has 0 radical (unpaired) electrons. The van der Waals surface area contributed by atoms with E-state index in [9.17, 15) is 9.59 Å². The van der Waals surface area contributed by atoms with Gasteiger partial charge in [0.05, 0.1) is 6.54 Å². The quantitative estimate of drug-likeness (QED) is 0.692. The van der Waals surface area contributed by atoms with Crippen LogP contribution < -0.4 is 10.6 Å². The van der Waals surface area contributed by atoms with Crippen molar-refractivity contribution in [2.75, 3.05) is 20.2 Å². The zero-order chi connectivity index (χ0) is 11.5. The van der Waals surface area contributed by atoms with Crippen molar-refractivity contribution in [3.05, 3.63) is 0 Å². The Morgan fingerprint density at radius 1 is 1.69 bits per heavy atom. The highest BCUT2D eigenvalue weighted by Gasteiger charge is 2.30. The van der Waals surface area contributed by atoms with Crippen LogP contribution in [-0.2, 0) is 14.3 Å². The SMILES string of the molecule is CNC(C)(C)C(=O)OC[C@H]1CNC(=O)O1.Cl. The van der Waals surface area contributed by atoms with Gasteiger partial charge in [0.25, 0.3) is 0 Å². The zero-order valence-corrected chi connectivity index (χ0v) is 10.3. The molecule has 1 atom stereocenters. The molecule has 1 aliphatic heterocycles. The molecule has 2 N–H and O–H groups in total. The van der Waals surface area contributed by atoms with Crippen LogP contribution in [0.15, 0.2) is 0 Å². The fourth-order valence-corrected chi connectivity index (χ4v) is 0.976. The highest BCUT2D eigenvalue weighted by atomic mass is 35.5. The van der Waals surface area contributed by atoms with Crippen LogP contribution in [0.25, 0.3) is 0 Å². The molecule has 1 saturated heterocycles. The topological polar surface area (TPSA) is 76.7 Å². The average Bonchev–Trinajstić information content (AvgIpc) is 2.60. The second-order valence-corrected chi connectivity index (χ2v) is 3.88. The number of cyclic esters (lactones) is 1. The smallest absolute Gasteiger partial charge is 0.407 e. The van der Waals surface area contributed by atoms with Crippen LogP contribution in [0.3, 0.4) is 0 Å². The van der Waals surface area contributed by atoms with E-state index in [2.05, 4.69) is 10.6 Å². The lowest BCUT2D eigenvalue weighted by molar-refractivity contribution is -0.152. The van der Waals surface area contributed by atoms with Crippen molar-refractivity contribution in [3.8, 4) is 0 Å². The van der Waals surface area contributed by atoms with E-state index in [1.54, 1.807) is 20.9 Å². The second-order valence-electron chi connectivity index (χ2n) is 3.88. The van der Waals surface area contributed by atoms with E-state index in [1.807, 2.05) is 0 Å². The highest BCUT2D eigenvalue weighted by Crippen LogP contribution is 2.06. The van der Waals surface area contributed by atoms with Gasteiger partial charge >= 0.3 is 12.1 Å². The molecule has 0 aromatic rings. The van der Waals surface area contributed by atoms with Gasteiger partial charge in [-0.2, -0.15) is 0 Å². The maximum Gasteiger partial charge on any atom is 0.407 e. The molecule has 16 heavy (non-hydrogen) atoms. The Morgan fingerprint density at radius 2 is 2.31 bits per heavy atom. The van der Waals surface area contributed by atoms with Gasteiger partial charge in [-0.1, -0.05) is 0 Å². The minimum Gasteiger partial charge on any atom is -0.460 e. The van der Waals surface area contributed by atoms with Crippen LogP contribution in [0.2, 0.25) is 0 Å². The number of alkyl carbamates (subject to hydrolysis) is 1. The fraction of sp³-hybridized carbons (Fsp3) is 0.778. The summed E-state index contributed by atoms with van der Waals surface area (Å²) in [6.07, 6.45) is -0.849. The first kappa shape index (κ1) is 15.0. The average molecular weight is 253 g/mol. The molecule has 0 saturated carbocycles. The van der Waals surface area contributed by atoms with Crippen LogP contribution in [0.5, 0.6) is 0 Å². The van der Waals surface area contributed by atoms with E-state index in [-0.39, 0.29) is 31.1 Å². The predicted octanol–water partition coefficient (Wildman–Crippen LogP) is 0.0578. The monoisotopic (exact) mass is 252 g/mol. The van der Waals surface area contributed by atoms with Crippen LogP contribution >= 0.6 is 12.4 Å². The van der Waals surface area contributed by atoms with E-state index >= 15 is 0 Å². The summed E-state index contributed by atoms with van der Waals surface area (Å²) >= 11 is 0. The molecular weight excluding hydrogens is 236 g/mol. The molecule has 0 aromatic carbocycles. The summed E-state index contributed by atoms with van der Waals surface area (Å²) in [4.78, 5) is 22.2. The largest absolute Gasteiger partial charge is 0.460 e. The Bertz CT molecular complexity index is 270. The van der Waals surface area contributed by atoms with Gasteiger partial charge in [-0.25, -0.2) is 4.79 Å². The molecule has 1 aliphatic rings. The Labute approximate surface area is 100 Å². The number of halogens is 1. The number of likely N-dealkylation sites (N-methyl/N-ethyl adjacent to an activating group) is 1. The van der Waals surface area contributed by atoms with Gasteiger partial charge in [0.15, 0.2) is 6.10 Å². The Hall–Kier alpha value is -1.01. The first-order valence-electron chi connectivity index (χ1n) is 4.76. The fourth-order valence-electron chi connectivity index (χ4n) is 0.976. The Morgan fingerprint density at radius 3 is 2.75 bits per heavy atom. The number of hydrogen-bond donors (Lipinski definition) is 2. The molecule has 0 bridgehead atoms. The third kappa shape index (κ3) is 3.86. The van der Waals surface area contributed by atoms with Gasteiger partial charge < -0.3 is 20.1 Å². The first-order valence-corrected chi connectivity index (χ1v) is 4.76. The number of amides is 1. The van der Waals surface area contributed by atoms with Gasteiger partial charge in [-0.3, -0.25) is 4.79 Å². The lowest BCUT2D eigenvalue weighted by Gasteiger charge is -2.22. The third-order valence-electron chi connectivity index (χ3n) is 2.28. The lowest BCUT2D eigenvalue weighted by Crippen LogP contribution is -2.46. The molecule has 0 unspecified atom stereocenters. The summed E-state index contributed by atoms with van der Waals surface area (Å²) < 4.78 is 9.82. The summed E-state index contributed by atoms with van der Waals surface area (Å²) in [7, 11) is 1.68. The third-order valence-corrected chi connectivity index (χ3v) is 2.28. The van der Waals surface area contributed by atoms with Gasteiger partial charge in [0.2, 0.25) is 0 Å². The zero-order valence-electron chi connectivity index (χ0n) is 9.53. The minimum atomic E-state index is -0.726. The molecule has 6 nitrogen and oxygen atoms in total. The van der Waals surface area contributed by atoms with Gasteiger partial charge in [-0.15, -0.1) is 12.4 Å². The van der Waals surface area contributed by atoms with E-state index in [0.717, 1.165) is 0 Å². The maximum absolute atomic E-state index is 11.5. The van der Waals surface area contributed by atoms with E-state index in [1.165, 1.54) is 0 Å². The number of esters is 1. The standard InChI is InChI=1S/C9H16N2O4.ClH/c1-9(2,10-3)7(12)14-5-6-4-11-8(13)15-6;/h6,10H,4-5H2,1-3H3,(H,11,13);1H/t6-;/m1./s1. The van der Waals surface area contributed by atoms with E-state index in [4.69, 9.17) is 9.47 Å². The lowest BCUT2D eigenvalue weighted by atomic mass is 10.1. The summed E-state index contributed by atoms with van der Waals surface area (Å²) in [5.41, 5.74) is -0.726. The summed E-state index contributed by atoms with van der Waals surface area (Å²) in [5, 5.41) is 5.31. The number of carbonyl (C=O) groups excluding carboxylic acids is 2. The van der Waals surface area contributed by atoms with Crippen molar-refractivity contribution in [2.24, 2.45) is 0 Å². The number of rotatable bonds is 4. The van der Waals surface area contributed by atoms with Crippen molar-refractivity contribution >= 4 is 24.5 Å². The first-order chi connectivity index (χ1) is 6.95. The van der Waals surface area contributed by atoms with Crippen LogP contribution in [0.1, 0.15) is 13.8 Å². The highest BCUT2D eigenvalue weighted by molar-refractivity contribution is 5.85. The summed E-state index contributed by atoms with van der Waals surface area (Å²) in [6.45, 7) is 3.90. The second kappa shape index (κ2) is 5.91. The molecule has 7 heteroatoms. The van der Waals surface area contributed by atoms with E-state index < -0.39 is 11.6 Å². The Kier molecular flexibility index (Phi) is 5.53. The summed E-state index contributed by atoms with van der Waals surface area (Å²) in [5.74, 6) is -0.368. The van der Waals surface area contributed by atoms with E-state index in [0.29, 0.717) is 6.54 Å². The maximum atomic E-state index is 11.5. The number of nitrogens with one attached hydrogen (secondary N) is 2. The minimum absolute atomic E-state index is 0. The van der Waals surface area contributed by atoms with Gasteiger partial charge in [0, 0.05) is 0 Å². The molecule has 94 valence electrons. The molecule has 0 spiro atoms.